The van der Waals surface area contributed by atoms with E-state index in [4.69, 9.17) is 0 Å². The predicted octanol–water partition coefficient (Wildman–Crippen LogP) is 4.55. The van der Waals surface area contributed by atoms with Crippen molar-refractivity contribution >= 4 is 32.8 Å². The molecule has 1 aromatic heterocycles. The Bertz CT molecular complexity index is 947. The van der Waals surface area contributed by atoms with Crippen molar-refractivity contribution in [3.8, 4) is 10.4 Å². The van der Waals surface area contributed by atoms with Crippen molar-refractivity contribution in [1.29, 1.82) is 0 Å². The lowest BCUT2D eigenvalue weighted by atomic mass is 9.70. The number of nitrogens with one attached hydrogen (secondary N) is 1. The fraction of sp³-hybridized carbons (Fsp3) is 0.450. The molecule has 1 N–H and O–H groups in total. The minimum atomic E-state index is -3.65. The Morgan fingerprint density at radius 3 is 2.58 bits per heavy atom. The van der Waals surface area contributed by atoms with Gasteiger partial charge in [-0.15, -0.1) is 11.3 Å². The summed E-state index contributed by atoms with van der Waals surface area (Å²) >= 11 is 1.57. The number of rotatable bonds is 5. The molecule has 2 bridgehead atoms. The summed E-state index contributed by atoms with van der Waals surface area (Å²) in [5, 5.41) is 1.97. The molecule has 6 heteroatoms. The summed E-state index contributed by atoms with van der Waals surface area (Å²) in [5.41, 5.74) is 0.432. The molecule has 2 saturated carbocycles. The Morgan fingerprint density at radius 2 is 1.96 bits per heavy atom. The van der Waals surface area contributed by atoms with Gasteiger partial charge in [0.25, 0.3) is 0 Å². The van der Waals surface area contributed by atoms with Crippen LogP contribution < -0.4 is 4.72 Å². The lowest BCUT2D eigenvalue weighted by molar-refractivity contribution is -0.128. The van der Waals surface area contributed by atoms with Gasteiger partial charge in [0.05, 0.1) is 16.9 Å². The van der Waals surface area contributed by atoms with E-state index in [2.05, 4.69) is 18.6 Å². The summed E-state index contributed by atoms with van der Waals surface area (Å²) in [6.45, 7) is 4.12. The molecule has 0 saturated heterocycles. The largest absolute Gasteiger partial charge is 0.299 e. The maximum absolute atomic E-state index is 13.0. The zero-order valence-corrected chi connectivity index (χ0v) is 16.6. The number of fused-ring (bicyclic) bond motifs is 2. The Morgan fingerprint density at radius 1 is 1.19 bits per heavy atom. The van der Waals surface area contributed by atoms with Gasteiger partial charge in [-0.25, -0.2) is 8.42 Å². The molecule has 1 aromatic carbocycles. The van der Waals surface area contributed by atoms with Crippen LogP contribution in [0.3, 0.4) is 0 Å². The van der Waals surface area contributed by atoms with Gasteiger partial charge in [0.1, 0.15) is 5.78 Å². The van der Waals surface area contributed by atoms with E-state index in [0.717, 1.165) is 16.9 Å². The van der Waals surface area contributed by atoms with E-state index in [0.29, 0.717) is 24.4 Å². The minimum absolute atomic E-state index is 0.121. The van der Waals surface area contributed by atoms with Gasteiger partial charge in [-0.2, -0.15) is 0 Å². The molecule has 4 rings (SSSR count). The van der Waals surface area contributed by atoms with E-state index in [1.54, 1.807) is 17.4 Å². The normalized spacial score (nSPS) is 27.0. The van der Waals surface area contributed by atoms with Crippen LogP contribution in [0.4, 0.5) is 5.69 Å². The Kier molecular flexibility index (Phi) is 4.04. The van der Waals surface area contributed by atoms with Crippen LogP contribution in [0, 0.1) is 16.7 Å². The molecule has 0 radical (unpaired) electrons. The first-order valence-corrected chi connectivity index (χ1v) is 11.5. The van der Waals surface area contributed by atoms with Crippen molar-refractivity contribution in [2.45, 2.75) is 33.1 Å². The van der Waals surface area contributed by atoms with E-state index in [-0.39, 0.29) is 17.0 Å². The molecule has 2 aliphatic carbocycles. The molecule has 26 heavy (non-hydrogen) atoms. The molecule has 4 nitrogen and oxygen atoms in total. The van der Waals surface area contributed by atoms with Gasteiger partial charge in [-0.05, 0) is 41.7 Å². The van der Waals surface area contributed by atoms with Crippen LogP contribution in [-0.4, -0.2) is 20.0 Å². The zero-order chi connectivity index (χ0) is 18.6. The van der Waals surface area contributed by atoms with Crippen LogP contribution >= 0.6 is 11.3 Å². The zero-order valence-electron chi connectivity index (χ0n) is 15.0. The molecule has 2 atom stereocenters. The van der Waals surface area contributed by atoms with Gasteiger partial charge in [0.15, 0.2) is 0 Å². The number of thiophene rings is 1. The Hall–Kier alpha value is -1.66. The summed E-state index contributed by atoms with van der Waals surface area (Å²) < 4.78 is 28.8. The first kappa shape index (κ1) is 17.7. The second-order valence-corrected chi connectivity index (χ2v) is 10.7. The number of benzene rings is 1. The van der Waals surface area contributed by atoms with Gasteiger partial charge in [-0.3, -0.25) is 9.52 Å². The third kappa shape index (κ3) is 2.62. The van der Waals surface area contributed by atoms with Crippen molar-refractivity contribution in [1.82, 2.24) is 0 Å². The lowest BCUT2D eigenvalue weighted by Gasteiger charge is -2.36. The maximum atomic E-state index is 13.0. The topological polar surface area (TPSA) is 63.2 Å². The number of sulfonamides is 1. The third-order valence-corrected chi connectivity index (χ3v) is 8.86. The van der Waals surface area contributed by atoms with Gasteiger partial charge < -0.3 is 0 Å². The molecular weight excluding hydrogens is 366 g/mol. The number of Topliss-reactive ketones (excluding diaryl/α,β-unsaturated/α-hetero) is 1. The van der Waals surface area contributed by atoms with Crippen LogP contribution in [0.15, 0.2) is 41.8 Å². The SMILES string of the molecule is CC1(C)C2CCC1(CS(=O)(=O)Nc1ccccc1-c1cccs1)C(=O)C2. The summed E-state index contributed by atoms with van der Waals surface area (Å²) in [6.07, 6.45) is 2.14. The van der Waals surface area contributed by atoms with E-state index in [9.17, 15) is 13.2 Å². The molecule has 138 valence electrons. The Balaban J connectivity index is 1.65. The van der Waals surface area contributed by atoms with Crippen LogP contribution in [0.25, 0.3) is 10.4 Å². The molecule has 0 spiro atoms. The van der Waals surface area contributed by atoms with E-state index in [1.165, 1.54) is 0 Å². The highest BCUT2D eigenvalue weighted by Crippen LogP contribution is 2.64. The summed E-state index contributed by atoms with van der Waals surface area (Å²) in [7, 11) is -3.65. The van der Waals surface area contributed by atoms with Gasteiger partial charge in [0.2, 0.25) is 10.0 Å². The highest BCUT2D eigenvalue weighted by atomic mass is 32.2. The van der Waals surface area contributed by atoms with E-state index >= 15 is 0 Å². The molecule has 1 heterocycles. The van der Waals surface area contributed by atoms with Gasteiger partial charge in [-0.1, -0.05) is 38.1 Å². The summed E-state index contributed by atoms with van der Waals surface area (Å²) in [6, 6.07) is 11.3. The summed E-state index contributed by atoms with van der Waals surface area (Å²) in [5.74, 6) is 0.306. The Labute approximate surface area is 158 Å². The highest BCUT2D eigenvalue weighted by molar-refractivity contribution is 7.92. The monoisotopic (exact) mass is 389 g/mol. The number of carbonyl (C=O) groups is 1. The summed E-state index contributed by atoms with van der Waals surface area (Å²) in [4.78, 5) is 13.7. The van der Waals surface area contributed by atoms with Crippen molar-refractivity contribution in [2.24, 2.45) is 16.7 Å². The molecular formula is C20H23NO3S2. The molecule has 0 aliphatic heterocycles. The first-order chi connectivity index (χ1) is 12.3. The number of para-hydroxylation sites is 1. The second-order valence-electron chi connectivity index (χ2n) is 8.05. The fourth-order valence-electron chi connectivity index (χ4n) is 4.85. The van der Waals surface area contributed by atoms with Crippen LogP contribution in [0.2, 0.25) is 0 Å². The van der Waals surface area contributed by atoms with E-state index < -0.39 is 15.4 Å². The van der Waals surface area contributed by atoms with Crippen molar-refractivity contribution in [3.63, 3.8) is 0 Å². The van der Waals surface area contributed by atoms with Crippen molar-refractivity contribution in [3.05, 3.63) is 41.8 Å². The van der Waals surface area contributed by atoms with Crippen LogP contribution in [0.1, 0.15) is 33.1 Å². The predicted molar refractivity (Wildman–Crippen MR) is 106 cm³/mol. The van der Waals surface area contributed by atoms with Crippen LogP contribution in [0.5, 0.6) is 0 Å². The van der Waals surface area contributed by atoms with Gasteiger partial charge in [0, 0.05) is 16.9 Å². The standard InChI is InChI=1S/C20H23NO3S2/c1-19(2)14-9-10-20(19,18(22)12-14)13-26(23,24)21-16-7-4-3-6-15(16)17-8-5-11-25-17/h3-8,11,14,21H,9-10,12-13H2,1-2H3. The number of hydrogen-bond acceptors (Lipinski definition) is 4. The van der Waals surface area contributed by atoms with Crippen molar-refractivity contribution < 1.29 is 13.2 Å². The smallest absolute Gasteiger partial charge is 0.233 e. The highest BCUT2D eigenvalue weighted by Gasteiger charge is 2.65. The number of carbonyl (C=O) groups excluding carboxylic acids is 1. The van der Waals surface area contributed by atoms with Crippen LogP contribution in [-0.2, 0) is 14.8 Å². The first-order valence-electron chi connectivity index (χ1n) is 8.92. The second kappa shape index (κ2) is 5.92. The molecule has 2 fully saturated rings. The maximum Gasteiger partial charge on any atom is 0.233 e. The lowest BCUT2D eigenvalue weighted by Crippen LogP contribution is -2.43. The minimum Gasteiger partial charge on any atom is -0.299 e. The van der Waals surface area contributed by atoms with Crippen molar-refractivity contribution in [2.75, 3.05) is 10.5 Å². The molecule has 2 aromatic rings. The molecule has 2 unspecified atom stereocenters. The van der Waals surface area contributed by atoms with E-state index in [1.807, 2.05) is 35.7 Å². The number of hydrogen-bond donors (Lipinski definition) is 1. The average molecular weight is 390 g/mol. The fourth-order valence-corrected chi connectivity index (χ4v) is 7.53. The van der Waals surface area contributed by atoms with Gasteiger partial charge >= 0.3 is 0 Å². The number of ketones is 1. The molecule has 0 amide bonds. The third-order valence-electron chi connectivity index (χ3n) is 6.55. The number of anilines is 1. The average Bonchev–Trinajstić information content (AvgIpc) is 3.21. The molecule has 2 aliphatic rings. The quantitative estimate of drug-likeness (QED) is 0.816.